The number of furan rings is 2. The van der Waals surface area contributed by atoms with Gasteiger partial charge in [0.25, 0.3) is 0 Å². The summed E-state index contributed by atoms with van der Waals surface area (Å²) in [5, 5.41) is 23.7. The third-order valence-electron chi connectivity index (χ3n) is 12.6. The molecule has 0 amide bonds. The minimum absolute atomic E-state index is 0. The van der Waals surface area contributed by atoms with Crippen LogP contribution in [-0.2, 0) is 42.1 Å². The smallest absolute Gasteiger partial charge is 0.514 e. The first-order valence-corrected chi connectivity index (χ1v) is 23.9. The standard InChI is InChI=1S/2C19H13N3O.2C12H11NO.2Pt/c2*1-21-12-22(19-16(21)9-5-11-20-19)15-8-4-7-14-13-6-2-3-10-17(13)23-18(14)15;2*1-9-7-8-11(12(14)13-9)10-5-3-2-4-6-10;;/h2*2-7,9-12H,1H3;2*2-8H,1H3,(H,13,14);;/q2*-2;;;2*+2. The molecule has 8 heterocycles. The van der Waals surface area contributed by atoms with Gasteiger partial charge in [0.1, 0.15) is 22.8 Å². The van der Waals surface area contributed by atoms with Gasteiger partial charge in [-0.3, -0.25) is 0 Å². The molecule has 14 heteroatoms. The Balaban J connectivity index is 0.000000126. The Morgan fingerprint density at radius 1 is 0.447 bits per heavy atom. The number of para-hydroxylation sites is 2. The Bertz CT molecular complexity index is 3690. The number of hydrogen-bond acceptors (Lipinski definition) is 12. The van der Waals surface area contributed by atoms with Gasteiger partial charge in [-0.25, -0.2) is 19.9 Å². The zero-order chi connectivity index (χ0) is 50.7. The van der Waals surface area contributed by atoms with Crippen molar-refractivity contribution in [2.24, 2.45) is 0 Å². The molecule has 12 aromatic rings. The normalized spacial score (nSPS) is 12.2. The number of aryl methyl sites for hydroxylation is 2. The molecule has 0 saturated carbocycles. The van der Waals surface area contributed by atoms with E-state index in [0.717, 1.165) is 112 Å². The number of fused-ring (bicyclic) bond motifs is 8. The monoisotopic (exact) mass is 1360 g/mol. The zero-order valence-electron chi connectivity index (χ0n) is 41.6. The van der Waals surface area contributed by atoms with Crippen LogP contribution in [0.4, 0.5) is 34.4 Å². The molecule has 6 aromatic carbocycles. The summed E-state index contributed by atoms with van der Waals surface area (Å²) in [6, 6.07) is 65.8. The first kappa shape index (κ1) is 52.6. The molecule has 2 aliphatic rings. The molecule has 14 rings (SSSR count). The largest absolute Gasteiger partial charge is 2.00 e. The predicted molar refractivity (Wildman–Crippen MR) is 295 cm³/mol. The molecule has 0 radical (unpaired) electrons. The van der Waals surface area contributed by atoms with Crippen LogP contribution in [0.5, 0.6) is 11.8 Å². The van der Waals surface area contributed by atoms with Gasteiger partial charge in [-0.2, -0.15) is 49.7 Å². The molecule has 2 aliphatic heterocycles. The van der Waals surface area contributed by atoms with Crippen molar-refractivity contribution in [3.63, 3.8) is 0 Å². The number of rotatable bonds is 4. The summed E-state index contributed by atoms with van der Waals surface area (Å²) in [6.07, 6.45) is 3.61. The summed E-state index contributed by atoms with van der Waals surface area (Å²) in [4.78, 5) is 25.2. The van der Waals surface area contributed by atoms with Crippen molar-refractivity contribution in [1.29, 1.82) is 0 Å². The number of benzene rings is 6. The maximum absolute atomic E-state index is 9.63. The zero-order valence-corrected chi connectivity index (χ0v) is 46.1. The average molecular weight is 1360 g/mol. The Kier molecular flexibility index (Phi) is 16.0. The van der Waals surface area contributed by atoms with Crippen LogP contribution >= 0.6 is 0 Å². The molecule has 0 aliphatic carbocycles. The Morgan fingerprint density at radius 2 is 0.842 bits per heavy atom. The molecule has 0 bridgehead atoms. The van der Waals surface area contributed by atoms with Crippen molar-refractivity contribution in [2.75, 3.05) is 33.7 Å². The number of aromatic nitrogens is 4. The number of hydrogen-bond donors (Lipinski definition) is 2. The average Bonchev–Trinajstić information content (AvgIpc) is 4.21. The van der Waals surface area contributed by atoms with Crippen molar-refractivity contribution >= 4 is 78.3 Å². The maximum atomic E-state index is 9.63. The minimum Gasteiger partial charge on any atom is -0.514 e. The van der Waals surface area contributed by atoms with E-state index < -0.39 is 0 Å². The quantitative estimate of drug-likeness (QED) is 0.163. The fraction of sp³-hybridized carbons (Fsp3) is 0.0645. The van der Waals surface area contributed by atoms with Crippen LogP contribution < -0.4 is 19.6 Å². The van der Waals surface area contributed by atoms with Crippen molar-refractivity contribution in [3.8, 4) is 34.0 Å². The topological polar surface area (TPSA) is 131 Å². The van der Waals surface area contributed by atoms with Gasteiger partial charge >= 0.3 is 42.1 Å². The first-order valence-electron chi connectivity index (χ1n) is 23.9. The molecule has 0 unspecified atom stereocenters. The minimum atomic E-state index is 0. The van der Waals surface area contributed by atoms with Gasteiger partial charge in [-0.1, -0.05) is 119 Å². The molecule has 0 saturated heterocycles. The summed E-state index contributed by atoms with van der Waals surface area (Å²) in [5.74, 6) is 1.96. The predicted octanol–water partition coefficient (Wildman–Crippen LogP) is 14.5. The van der Waals surface area contributed by atoms with E-state index in [-0.39, 0.29) is 53.9 Å². The molecular weight excluding hydrogens is 1310 g/mol. The molecule has 0 atom stereocenters. The van der Waals surface area contributed by atoms with Gasteiger partial charge in [0.2, 0.25) is 11.8 Å². The van der Waals surface area contributed by atoms with E-state index in [4.69, 9.17) is 8.83 Å². The van der Waals surface area contributed by atoms with E-state index in [1.807, 2.05) is 209 Å². The molecule has 0 fully saturated rings. The molecule has 2 N–H and O–H groups in total. The van der Waals surface area contributed by atoms with Crippen LogP contribution in [0.1, 0.15) is 11.4 Å². The number of pyridine rings is 4. The molecule has 0 spiro atoms. The van der Waals surface area contributed by atoms with Gasteiger partial charge in [-0.15, -0.1) is 0 Å². The van der Waals surface area contributed by atoms with Gasteiger partial charge in [0, 0.05) is 68.2 Å². The Labute approximate surface area is 469 Å². The third kappa shape index (κ3) is 10.5. The van der Waals surface area contributed by atoms with E-state index in [1.165, 1.54) is 0 Å². The van der Waals surface area contributed by atoms with Gasteiger partial charge in [0.15, 0.2) is 0 Å². The third-order valence-corrected chi connectivity index (χ3v) is 12.6. The fourth-order valence-corrected chi connectivity index (χ4v) is 9.09. The van der Waals surface area contributed by atoms with Crippen LogP contribution in [0.15, 0.2) is 203 Å². The van der Waals surface area contributed by atoms with Crippen molar-refractivity contribution in [3.05, 3.63) is 231 Å². The molecule has 12 nitrogen and oxygen atoms in total. The summed E-state index contributed by atoms with van der Waals surface area (Å²) in [5.41, 5.74) is 12.5. The first-order chi connectivity index (χ1) is 36.2. The van der Waals surface area contributed by atoms with Crippen molar-refractivity contribution in [2.45, 2.75) is 13.8 Å². The maximum Gasteiger partial charge on any atom is 2.00 e. The van der Waals surface area contributed by atoms with E-state index in [0.29, 0.717) is 0 Å². The van der Waals surface area contributed by atoms with Crippen LogP contribution in [0.2, 0.25) is 0 Å². The summed E-state index contributed by atoms with van der Waals surface area (Å²) >= 11 is 0. The number of aromatic hydroxyl groups is 2. The Hall–Kier alpha value is -8.30. The summed E-state index contributed by atoms with van der Waals surface area (Å²) in [6.45, 7) is 7.73. The van der Waals surface area contributed by atoms with Crippen molar-refractivity contribution in [1.82, 2.24) is 19.9 Å². The molecule has 6 aromatic heterocycles. The van der Waals surface area contributed by atoms with Gasteiger partial charge in [0.05, 0.1) is 0 Å². The summed E-state index contributed by atoms with van der Waals surface area (Å²) in [7, 11) is 4.03. The van der Waals surface area contributed by atoms with E-state index in [9.17, 15) is 10.2 Å². The van der Waals surface area contributed by atoms with Crippen molar-refractivity contribution < 1.29 is 61.2 Å². The van der Waals surface area contributed by atoms with Gasteiger partial charge in [-0.05, 0) is 99.7 Å². The second-order valence-corrected chi connectivity index (χ2v) is 17.6. The number of anilines is 6. The SMILES string of the molecule is CN1[CH-]N(c2[c-]ccc3c2oc2ccccc23)c2ncccc21.CN1[CH-]N(c2[c-]ccc3c2oc2ccccc23)c2ncccc21.Cc1ccc(-c2ccccc2)c(O)n1.Cc1ccc(-c2ccccc2)c(O)n1.[Pt+2].[Pt+2]. The molecule has 380 valence electrons. The Morgan fingerprint density at radius 3 is 1.25 bits per heavy atom. The van der Waals surface area contributed by atoms with Crippen LogP contribution in [0.3, 0.4) is 0 Å². The van der Waals surface area contributed by atoms with Crippen LogP contribution in [0.25, 0.3) is 66.1 Å². The van der Waals surface area contributed by atoms with Crippen LogP contribution in [0, 0.1) is 39.3 Å². The van der Waals surface area contributed by atoms with E-state index in [1.54, 1.807) is 12.4 Å². The van der Waals surface area contributed by atoms with Crippen LogP contribution in [-0.4, -0.2) is 44.2 Å². The second kappa shape index (κ2) is 23.1. The second-order valence-electron chi connectivity index (χ2n) is 17.6. The van der Waals surface area contributed by atoms with E-state index >= 15 is 0 Å². The summed E-state index contributed by atoms with van der Waals surface area (Å²) < 4.78 is 12.2. The van der Waals surface area contributed by atoms with E-state index in [2.05, 4.69) is 66.1 Å². The number of nitrogens with zero attached hydrogens (tertiary/aromatic N) is 8. The molecular formula is C62H48N8O4Pt2. The van der Waals surface area contributed by atoms with Gasteiger partial charge < -0.3 is 38.6 Å². The molecule has 76 heavy (non-hydrogen) atoms. The fourth-order valence-electron chi connectivity index (χ4n) is 9.09.